The Balaban J connectivity index is 0.00000300. The fourth-order valence-electron chi connectivity index (χ4n) is 3.09. The van der Waals surface area contributed by atoms with Crippen LogP contribution in [0.4, 0.5) is 5.69 Å². The number of non-ortho nitro benzene ring substituents is 1. The number of rotatable bonds is 7. The van der Waals surface area contributed by atoms with Crippen LogP contribution in [0.2, 0.25) is 0 Å². The summed E-state index contributed by atoms with van der Waals surface area (Å²) in [6.07, 6.45) is 2.35. The monoisotopic (exact) mass is 510 g/mol. The van der Waals surface area contributed by atoms with Gasteiger partial charge >= 0.3 is 0 Å². The van der Waals surface area contributed by atoms with Crippen LogP contribution in [0.25, 0.3) is 0 Å². The molecule has 2 atom stereocenters. The molecule has 0 spiro atoms. The topological polar surface area (TPSA) is 88.8 Å². The maximum Gasteiger partial charge on any atom is 0.269 e. The van der Waals surface area contributed by atoms with Crippen LogP contribution in [0.15, 0.2) is 59.6 Å². The average Bonchev–Trinajstić information content (AvgIpc) is 3.24. The number of hydrogen-bond acceptors (Lipinski definition) is 4. The molecule has 2 aromatic rings. The molecule has 1 heterocycles. The first kappa shape index (κ1) is 23.1. The summed E-state index contributed by atoms with van der Waals surface area (Å²) >= 11 is 0. The van der Waals surface area contributed by atoms with Gasteiger partial charge in [-0.05, 0) is 30.9 Å². The van der Waals surface area contributed by atoms with Crippen molar-refractivity contribution in [3.63, 3.8) is 0 Å². The lowest BCUT2D eigenvalue weighted by Crippen LogP contribution is -2.42. The molecule has 0 aliphatic carbocycles. The number of aliphatic imine (C=N–C) groups is 1. The Morgan fingerprint density at radius 2 is 1.97 bits per heavy atom. The van der Waals surface area contributed by atoms with Crippen LogP contribution in [0.5, 0.6) is 0 Å². The predicted molar refractivity (Wildman–Crippen MR) is 125 cm³/mol. The molecular weight excluding hydrogens is 483 g/mol. The second-order valence-corrected chi connectivity index (χ2v) is 6.88. The van der Waals surface area contributed by atoms with Gasteiger partial charge in [-0.2, -0.15) is 0 Å². The molecular formula is C21H27IN4O3. The molecule has 1 saturated heterocycles. The van der Waals surface area contributed by atoms with E-state index in [1.54, 1.807) is 12.1 Å². The van der Waals surface area contributed by atoms with E-state index in [2.05, 4.69) is 34.7 Å². The largest absolute Gasteiger partial charge is 0.376 e. The van der Waals surface area contributed by atoms with Gasteiger partial charge in [-0.1, -0.05) is 42.5 Å². The van der Waals surface area contributed by atoms with E-state index in [1.807, 2.05) is 18.2 Å². The van der Waals surface area contributed by atoms with Crippen LogP contribution in [-0.2, 0) is 11.3 Å². The summed E-state index contributed by atoms with van der Waals surface area (Å²) in [5, 5.41) is 17.6. The quantitative estimate of drug-likeness (QED) is 0.192. The maximum atomic E-state index is 10.8. The number of guanidine groups is 1. The summed E-state index contributed by atoms with van der Waals surface area (Å²) < 4.78 is 5.68. The first-order chi connectivity index (χ1) is 13.6. The molecule has 0 radical (unpaired) electrons. The Labute approximate surface area is 188 Å². The molecule has 2 N–H and O–H groups in total. The van der Waals surface area contributed by atoms with Gasteiger partial charge < -0.3 is 15.4 Å². The van der Waals surface area contributed by atoms with Crippen molar-refractivity contribution >= 4 is 35.6 Å². The highest BCUT2D eigenvalue weighted by Crippen LogP contribution is 2.14. The maximum absolute atomic E-state index is 10.8. The zero-order chi connectivity index (χ0) is 19.8. The third-order valence-electron chi connectivity index (χ3n) is 4.74. The standard InChI is InChI=1S/C21H26N4O3.HI/c1-16(18-6-3-2-4-7-18)24-21(23-15-20-8-5-13-28-20)22-14-17-9-11-19(12-10-17)25(26)27;/h2-4,6-7,9-12,16,20H,5,8,13-15H2,1H3,(H2,22,23,24);1H. The summed E-state index contributed by atoms with van der Waals surface area (Å²) in [5.74, 6) is 0.699. The smallest absolute Gasteiger partial charge is 0.269 e. The van der Waals surface area contributed by atoms with Gasteiger partial charge in [0.1, 0.15) is 0 Å². The van der Waals surface area contributed by atoms with Gasteiger partial charge in [0, 0.05) is 25.3 Å². The van der Waals surface area contributed by atoms with E-state index < -0.39 is 4.92 Å². The summed E-state index contributed by atoms with van der Waals surface area (Å²) in [6, 6.07) is 16.7. The van der Waals surface area contributed by atoms with Crippen LogP contribution >= 0.6 is 24.0 Å². The molecule has 3 rings (SSSR count). The molecule has 0 amide bonds. The van der Waals surface area contributed by atoms with Crippen molar-refractivity contribution in [3.8, 4) is 0 Å². The minimum absolute atomic E-state index is 0. The van der Waals surface area contributed by atoms with Crippen LogP contribution in [-0.4, -0.2) is 30.1 Å². The zero-order valence-corrected chi connectivity index (χ0v) is 18.7. The van der Waals surface area contributed by atoms with Crippen molar-refractivity contribution in [2.24, 2.45) is 4.99 Å². The molecule has 8 heteroatoms. The van der Waals surface area contributed by atoms with E-state index in [0.717, 1.165) is 25.0 Å². The Hall–Kier alpha value is -2.20. The number of nitrogens with one attached hydrogen (secondary N) is 2. The molecule has 0 bridgehead atoms. The van der Waals surface area contributed by atoms with Gasteiger partial charge in [0.25, 0.3) is 5.69 Å². The first-order valence-electron chi connectivity index (χ1n) is 9.56. The number of benzene rings is 2. The Morgan fingerprint density at radius 3 is 2.59 bits per heavy atom. The highest BCUT2D eigenvalue weighted by molar-refractivity contribution is 14.0. The van der Waals surface area contributed by atoms with Crippen LogP contribution in [0.1, 0.15) is 36.9 Å². The van der Waals surface area contributed by atoms with Gasteiger partial charge in [-0.3, -0.25) is 10.1 Å². The van der Waals surface area contributed by atoms with E-state index in [0.29, 0.717) is 19.0 Å². The number of halogens is 1. The van der Waals surface area contributed by atoms with Gasteiger partial charge in [-0.25, -0.2) is 4.99 Å². The summed E-state index contributed by atoms with van der Waals surface area (Å²) in [7, 11) is 0. The lowest BCUT2D eigenvalue weighted by atomic mass is 10.1. The molecule has 2 unspecified atom stereocenters. The zero-order valence-electron chi connectivity index (χ0n) is 16.4. The second-order valence-electron chi connectivity index (χ2n) is 6.88. The van der Waals surface area contributed by atoms with Gasteiger partial charge in [0.15, 0.2) is 5.96 Å². The molecule has 156 valence electrons. The van der Waals surface area contributed by atoms with E-state index >= 15 is 0 Å². The van der Waals surface area contributed by atoms with Crippen LogP contribution in [0, 0.1) is 10.1 Å². The molecule has 29 heavy (non-hydrogen) atoms. The molecule has 1 aliphatic heterocycles. The third-order valence-corrected chi connectivity index (χ3v) is 4.74. The van der Waals surface area contributed by atoms with E-state index in [-0.39, 0.29) is 41.8 Å². The lowest BCUT2D eigenvalue weighted by Gasteiger charge is -2.20. The number of ether oxygens (including phenoxy) is 1. The fraction of sp³-hybridized carbons (Fsp3) is 0.381. The number of nitro groups is 1. The van der Waals surface area contributed by atoms with Crippen LogP contribution < -0.4 is 10.6 Å². The van der Waals surface area contributed by atoms with E-state index in [9.17, 15) is 10.1 Å². The van der Waals surface area contributed by atoms with Crippen LogP contribution in [0.3, 0.4) is 0 Å². The fourth-order valence-corrected chi connectivity index (χ4v) is 3.09. The summed E-state index contributed by atoms with van der Waals surface area (Å²) in [4.78, 5) is 15.1. The molecule has 1 fully saturated rings. The predicted octanol–water partition coefficient (Wildman–Crippen LogP) is 4.19. The summed E-state index contributed by atoms with van der Waals surface area (Å²) in [5.41, 5.74) is 2.17. The number of nitrogens with zero attached hydrogens (tertiary/aromatic N) is 2. The minimum atomic E-state index is -0.398. The molecule has 1 aliphatic rings. The van der Waals surface area contributed by atoms with E-state index in [4.69, 9.17) is 4.74 Å². The van der Waals surface area contributed by atoms with Gasteiger partial charge in [0.2, 0.25) is 0 Å². The number of hydrogen-bond donors (Lipinski definition) is 2. The van der Waals surface area contributed by atoms with Gasteiger partial charge in [0.05, 0.1) is 23.6 Å². The van der Waals surface area contributed by atoms with Crippen molar-refractivity contribution in [2.45, 2.75) is 38.5 Å². The minimum Gasteiger partial charge on any atom is -0.376 e. The molecule has 0 saturated carbocycles. The SMILES string of the molecule is CC(NC(=NCc1ccc([N+](=O)[O-])cc1)NCC1CCCO1)c1ccccc1.I. The second kappa shape index (κ2) is 11.7. The average molecular weight is 510 g/mol. The summed E-state index contributed by atoms with van der Waals surface area (Å²) in [6.45, 7) is 4.04. The molecule has 0 aromatic heterocycles. The van der Waals surface area contributed by atoms with Crippen molar-refractivity contribution < 1.29 is 9.66 Å². The normalized spacial score (nSPS) is 17.3. The molecule has 2 aromatic carbocycles. The highest BCUT2D eigenvalue weighted by Gasteiger charge is 2.16. The van der Waals surface area contributed by atoms with Crippen molar-refractivity contribution in [3.05, 3.63) is 75.8 Å². The third kappa shape index (κ3) is 7.28. The van der Waals surface area contributed by atoms with Crippen molar-refractivity contribution in [1.29, 1.82) is 0 Å². The highest BCUT2D eigenvalue weighted by atomic mass is 127. The molecule has 7 nitrogen and oxygen atoms in total. The Morgan fingerprint density at radius 1 is 1.24 bits per heavy atom. The lowest BCUT2D eigenvalue weighted by molar-refractivity contribution is -0.384. The van der Waals surface area contributed by atoms with E-state index in [1.165, 1.54) is 17.7 Å². The van der Waals surface area contributed by atoms with Crippen molar-refractivity contribution in [1.82, 2.24) is 10.6 Å². The van der Waals surface area contributed by atoms with Gasteiger partial charge in [-0.15, -0.1) is 24.0 Å². The Kier molecular flexibility index (Phi) is 9.33. The van der Waals surface area contributed by atoms with Crippen molar-refractivity contribution in [2.75, 3.05) is 13.2 Å². The Bertz CT molecular complexity index is 793. The number of nitro benzene ring substituents is 1. The first-order valence-corrected chi connectivity index (χ1v) is 9.56.